The Kier molecular flexibility index (Phi) is 6.36. The Hall–Kier alpha value is -1.24. The Morgan fingerprint density at radius 3 is 1.69 bits per heavy atom. The first-order valence-corrected chi connectivity index (χ1v) is 14.4. The molecule has 166 valence electrons. The molecule has 2 aliphatic rings. The number of nitrogens with zero attached hydrogens (tertiary/aromatic N) is 2. The quantitative estimate of drug-likeness (QED) is 0.369. The van der Waals surface area contributed by atoms with E-state index >= 15 is 0 Å². The zero-order valence-corrected chi connectivity index (χ0v) is 20.5. The third-order valence-electron chi connectivity index (χ3n) is 5.59. The van der Waals surface area contributed by atoms with Crippen molar-refractivity contribution in [1.29, 1.82) is 0 Å². The van der Waals surface area contributed by atoms with E-state index in [0.29, 0.717) is 0 Å². The highest BCUT2D eigenvalue weighted by molar-refractivity contribution is 8.77. The van der Waals surface area contributed by atoms with Gasteiger partial charge in [-0.3, -0.25) is 0 Å². The maximum atomic E-state index is 5.97. The molecule has 6 nitrogen and oxygen atoms in total. The average molecular weight is 503 g/mol. The summed E-state index contributed by atoms with van der Waals surface area (Å²) < 4.78 is 16.4. The molecule has 2 saturated heterocycles. The number of benzene rings is 2. The van der Waals surface area contributed by atoms with Crippen LogP contribution in [0.1, 0.15) is 23.3 Å². The summed E-state index contributed by atoms with van der Waals surface area (Å²) in [7, 11) is 3.37. The highest BCUT2D eigenvalue weighted by atomic mass is 33.1. The predicted octanol–water partition coefficient (Wildman–Crippen LogP) is 5.03. The minimum atomic E-state index is 0.0687. The first kappa shape index (κ1) is 21.3. The third kappa shape index (κ3) is 4.30. The number of morpholine rings is 2. The molecule has 2 aliphatic heterocycles. The van der Waals surface area contributed by atoms with E-state index in [1.807, 2.05) is 0 Å². The third-order valence-corrected chi connectivity index (χ3v) is 10.6. The fourth-order valence-corrected chi connectivity index (χ4v) is 8.64. The van der Waals surface area contributed by atoms with Crippen LogP contribution in [0.5, 0.6) is 0 Å². The fourth-order valence-electron chi connectivity index (χ4n) is 4.09. The van der Waals surface area contributed by atoms with Gasteiger partial charge >= 0.3 is 0 Å². The van der Waals surface area contributed by atoms with Gasteiger partial charge in [0, 0.05) is 37.3 Å². The number of ether oxygens (including phenoxy) is 2. The van der Waals surface area contributed by atoms with Crippen molar-refractivity contribution >= 4 is 64.7 Å². The molecule has 2 aromatic carbocycles. The van der Waals surface area contributed by atoms with Crippen LogP contribution in [-0.4, -0.2) is 49.4 Å². The van der Waals surface area contributed by atoms with E-state index < -0.39 is 0 Å². The molecule has 2 fully saturated rings. The van der Waals surface area contributed by atoms with E-state index in [1.54, 1.807) is 44.3 Å². The van der Waals surface area contributed by atoms with Crippen LogP contribution in [0.2, 0.25) is 0 Å². The van der Waals surface area contributed by atoms with Crippen molar-refractivity contribution in [3.8, 4) is 0 Å². The lowest BCUT2D eigenvalue weighted by Crippen LogP contribution is -2.33. The van der Waals surface area contributed by atoms with Gasteiger partial charge in [-0.25, -0.2) is 9.97 Å². The van der Waals surface area contributed by atoms with E-state index in [0.717, 1.165) is 59.1 Å². The number of thiazole rings is 2. The smallest absolute Gasteiger partial charge is 0.162 e. The molecular weight excluding hydrogens is 481 g/mol. The molecule has 2 unspecified atom stereocenters. The largest absolute Gasteiger partial charge is 0.371 e. The summed E-state index contributed by atoms with van der Waals surface area (Å²) in [6.07, 6.45) is 0.137. The van der Waals surface area contributed by atoms with E-state index in [1.165, 1.54) is 20.5 Å². The maximum absolute atomic E-state index is 5.97. The maximum Gasteiger partial charge on any atom is 0.162 e. The molecule has 4 heterocycles. The standard InChI is InChI=1S/C22H22N4O2S4/c1-3-13(15-11-23-7-9-27-15)19-17(5-1)29-21(25-19)31-32-22-26-20-14(4-2-6-18(20)30-22)16-12-24-8-10-28-16/h1-6,15-16,23-24H,7-12H2. The zero-order valence-electron chi connectivity index (χ0n) is 17.2. The Bertz CT molecular complexity index is 1140. The molecule has 0 amide bonds. The van der Waals surface area contributed by atoms with Crippen LogP contribution in [0.15, 0.2) is 45.1 Å². The molecule has 0 aliphatic carbocycles. The van der Waals surface area contributed by atoms with Crippen LogP contribution in [0, 0.1) is 0 Å². The first-order valence-electron chi connectivity index (χ1n) is 10.6. The lowest BCUT2D eigenvalue weighted by Gasteiger charge is -2.24. The summed E-state index contributed by atoms with van der Waals surface area (Å²) in [4.78, 5) is 9.90. The van der Waals surface area contributed by atoms with E-state index in [-0.39, 0.29) is 12.2 Å². The highest BCUT2D eigenvalue weighted by Crippen LogP contribution is 2.45. The molecular formula is C22H22N4O2S4. The van der Waals surface area contributed by atoms with Crippen LogP contribution >= 0.6 is 44.3 Å². The number of hydrogen-bond donors (Lipinski definition) is 2. The second kappa shape index (κ2) is 9.55. The van der Waals surface area contributed by atoms with Gasteiger partial charge < -0.3 is 20.1 Å². The van der Waals surface area contributed by atoms with Crippen molar-refractivity contribution in [3.05, 3.63) is 47.5 Å². The molecule has 2 aromatic heterocycles. The highest BCUT2D eigenvalue weighted by Gasteiger charge is 2.22. The van der Waals surface area contributed by atoms with Crippen molar-refractivity contribution in [1.82, 2.24) is 20.6 Å². The second-order valence-corrected chi connectivity index (χ2v) is 12.3. The van der Waals surface area contributed by atoms with Gasteiger partial charge in [0.2, 0.25) is 0 Å². The molecule has 0 saturated carbocycles. The summed E-state index contributed by atoms with van der Waals surface area (Å²) in [6.45, 7) is 4.97. The summed E-state index contributed by atoms with van der Waals surface area (Å²) in [6, 6.07) is 12.8. The topological polar surface area (TPSA) is 68.3 Å². The van der Waals surface area contributed by atoms with Gasteiger partial charge in [-0.05, 0) is 33.7 Å². The van der Waals surface area contributed by atoms with Gasteiger partial charge in [0.1, 0.15) is 0 Å². The van der Waals surface area contributed by atoms with Crippen molar-refractivity contribution in [2.24, 2.45) is 0 Å². The van der Waals surface area contributed by atoms with E-state index in [2.05, 4.69) is 47.0 Å². The van der Waals surface area contributed by atoms with Crippen LogP contribution < -0.4 is 10.6 Å². The summed E-state index contributed by atoms with van der Waals surface area (Å²) in [5.74, 6) is 0. The van der Waals surface area contributed by atoms with Gasteiger partial charge in [0.05, 0.1) is 45.9 Å². The Labute approximate surface area is 201 Å². The molecule has 4 aromatic rings. The molecule has 0 radical (unpaired) electrons. The minimum Gasteiger partial charge on any atom is -0.371 e. The van der Waals surface area contributed by atoms with Gasteiger partial charge in [0.15, 0.2) is 8.68 Å². The predicted molar refractivity (Wildman–Crippen MR) is 134 cm³/mol. The average Bonchev–Trinajstić information content (AvgIpc) is 3.47. The molecule has 32 heavy (non-hydrogen) atoms. The SMILES string of the molecule is c1cc(C2CNCCO2)c2nc(SSc3nc4c(C5CNCCO5)cccc4s3)sc2c1. The molecule has 10 heteroatoms. The lowest BCUT2D eigenvalue weighted by molar-refractivity contribution is 0.0284. The van der Waals surface area contributed by atoms with Gasteiger partial charge in [0.25, 0.3) is 0 Å². The van der Waals surface area contributed by atoms with Crippen molar-refractivity contribution < 1.29 is 9.47 Å². The molecule has 0 spiro atoms. The van der Waals surface area contributed by atoms with Crippen LogP contribution in [0.4, 0.5) is 0 Å². The zero-order chi connectivity index (χ0) is 21.3. The lowest BCUT2D eigenvalue weighted by atomic mass is 10.1. The number of para-hydroxylation sites is 2. The normalized spacial score (nSPS) is 22.0. The summed E-state index contributed by atoms with van der Waals surface area (Å²) in [5.41, 5.74) is 4.47. The monoisotopic (exact) mass is 502 g/mol. The number of hydrogen-bond acceptors (Lipinski definition) is 10. The number of rotatable bonds is 5. The van der Waals surface area contributed by atoms with E-state index in [9.17, 15) is 0 Å². The van der Waals surface area contributed by atoms with Gasteiger partial charge in [-0.1, -0.05) is 24.3 Å². The van der Waals surface area contributed by atoms with Crippen molar-refractivity contribution in [2.75, 3.05) is 39.4 Å². The van der Waals surface area contributed by atoms with Crippen molar-refractivity contribution in [2.45, 2.75) is 20.9 Å². The Balaban J connectivity index is 1.22. The van der Waals surface area contributed by atoms with Crippen molar-refractivity contribution in [3.63, 3.8) is 0 Å². The second-order valence-electron chi connectivity index (χ2n) is 7.64. The summed E-state index contributed by atoms with van der Waals surface area (Å²) >= 11 is 3.46. The summed E-state index contributed by atoms with van der Waals surface area (Å²) in [5, 5.41) is 6.83. The van der Waals surface area contributed by atoms with Gasteiger partial charge in [-0.2, -0.15) is 0 Å². The van der Waals surface area contributed by atoms with Crippen LogP contribution in [0.25, 0.3) is 20.4 Å². The number of fused-ring (bicyclic) bond motifs is 2. The Morgan fingerprint density at radius 2 is 1.25 bits per heavy atom. The minimum absolute atomic E-state index is 0.0687. The first-order chi connectivity index (χ1) is 15.8. The van der Waals surface area contributed by atoms with E-state index in [4.69, 9.17) is 19.4 Å². The van der Waals surface area contributed by atoms with Crippen LogP contribution in [0.3, 0.4) is 0 Å². The molecule has 0 bridgehead atoms. The number of nitrogens with one attached hydrogen (secondary N) is 2. The Morgan fingerprint density at radius 1 is 0.750 bits per heavy atom. The van der Waals surface area contributed by atoms with Gasteiger partial charge in [-0.15, -0.1) is 22.7 Å². The molecule has 2 atom stereocenters. The molecule has 6 rings (SSSR count). The molecule has 2 N–H and O–H groups in total. The fraction of sp³-hybridized carbons (Fsp3) is 0.364. The number of aromatic nitrogens is 2. The van der Waals surface area contributed by atoms with Crippen LogP contribution in [-0.2, 0) is 9.47 Å².